The Morgan fingerprint density at radius 2 is 0.673 bits per heavy atom. The molecule has 6 N–H and O–H groups in total. The molecule has 5 rings (SSSR count). The summed E-state index contributed by atoms with van der Waals surface area (Å²) in [6, 6.07) is 40.9. The van der Waals surface area contributed by atoms with Crippen LogP contribution in [0.15, 0.2) is 211 Å². The smallest absolute Gasteiger partial charge is 0.330 e. The van der Waals surface area contributed by atoms with Crippen LogP contribution in [0, 0.1) is 0 Å². The van der Waals surface area contributed by atoms with E-state index >= 15 is 0 Å². The molecular formula is C93H131Cl8N5O31S10. The number of aliphatic hydroxyl groups excluding tert-OH is 1. The zero-order valence-electron chi connectivity index (χ0n) is 81.3. The van der Waals surface area contributed by atoms with Gasteiger partial charge in [0, 0.05) is 102 Å². The van der Waals surface area contributed by atoms with Gasteiger partial charge in [-0.05, 0) is 83.1 Å². The molecule has 5 aromatic rings. The van der Waals surface area contributed by atoms with Gasteiger partial charge >= 0.3 is 11.9 Å². The normalized spacial score (nSPS) is 11.3. The lowest BCUT2D eigenvalue weighted by Crippen LogP contribution is -2.37. The molecule has 0 bridgehead atoms. The summed E-state index contributed by atoms with van der Waals surface area (Å²) in [5.41, 5.74) is 6.84. The summed E-state index contributed by atoms with van der Waals surface area (Å²) < 4.78 is 235. The minimum atomic E-state index is -3.84. The van der Waals surface area contributed by atoms with Crippen molar-refractivity contribution >= 4 is 274 Å². The van der Waals surface area contributed by atoms with Crippen molar-refractivity contribution in [1.29, 1.82) is 0 Å². The molecule has 0 aliphatic carbocycles. The van der Waals surface area contributed by atoms with Crippen molar-refractivity contribution in [3.8, 4) is 0 Å². The van der Waals surface area contributed by atoms with Gasteiger partial charge in [-0.25, -0.2) is 89.0 Å². The molecule has 830 valence electrons. The van der Waals surface area contributed by atoms with Crippen LogP contribution in [0.25, 0.3) is 24.3 Å². The Balaban J connectivity index is -0.000000513. The quantitative estimate of drug-likeness (QED) is 0.00526. The van der Waals surface area contributed by atoms with Crippen molar-refractivity contribution in [3.05, 3.63) is 244 Å². The second kappa shape index (κ2) is 83.4. The molecule has 1 atom stereocenters. The molecule has 147 heavy (non-hydrogen) atoms. The van der Waals surface area contributed by atoms with Crippen molar-refractivity contribution in [2.45, 2.75) is 63.6 Å². The zero-order chi connectivity index (χ0) is 113. The maximum atomic E-state index is 11.6. The predicted molar refractivity (Wildman–Crippen MR) is 597 cm³/mol. The Hall–Kier alpha value is -8.24. The van der Waals surface area contributed by atoms with E-state index in [0.29, 0.717) is 29.9 Å². The van der Waals surface area contributed by atoms with Gasteiger partial charge in [-0.2, -0.15) is 0 Å². The number of halogens is 8. The summed E-state index contributed by atoms with van der Waals surface area (Å²) in [7, 11) is -33.6. The second-order valence-electron chi connectivity index (χ2n) is 29.3. The number of amides is 5. The maximum Gasteiger partial charge on any atom is 0.330 e. The number of carbonyl (C=O) groups is 8. The van der Waals surface area contributed by atoms with Crippen LogP contribution < -0.4 is 26.6 Å². The third-order valence-electron chi connectivity index (χ3n) is 17.0. The zero-order valence-corrected chi connectivity index (χ0v) is 95.5. The molecule has 0 spiro atoms. The number of aliphatic hydroxyl groups is 1. The highest BCUT2D eigenvalue weighted by molar-refractivity contribution is 7.95. The molecule has 0 aliphatic rings. The molecule has 1 unspecified atom stereocenters. The van der Waals surface area contributed by atoms with Gasteiger partial charge in [0.05, 0.1) is 123 Å². The number of ketones is 1. The predicted octanol–water partition coefficient (Wildman–Crippen LogP) is 10.9. The molecule has 5 amide bonds. The fraction of sp³-hybridized carbons (Fsp3) is 0.419. The molecule has 0 fully saturated rings. The molecule has 5 aromatic carbocycles. The first-order valence-corrected chi connectivity index (χ1v) is 66.0. The minimum absolute atomic E-state index is 0.0103. The standard InChI is InChI=1S/2C12H14ClNO3S.C11H17ClO5S.C11H13ClO2S.C9H15ClN2O4S.C9H19ClO7S3.2C8H8.C7H14ClNO3S.C6H9ClO4S/c1-2-12(15)14-11-5-3-10(4-6-11)9-18(16,17)8-7-13;1-2-10-3-5-11(6-4-10)14-12(15)9-18(16,17)8-7-13;1-2-11(14)17-7-3-4-10(13)5-8-18(15,16)9-6-12;1-2-10-3-5-11(6-4-10)9-15(13,14)8-7-12;1-2-8(13)11-7-12-9(14)3-5-17(15,16)6-4-10;1-2-18(12,13)5-6-20(16,17)8-9(11)7-19(14,15)4-3-10;2*1-2-8-6-4-3-5-7-8;1-2-9-7(10)3-5-13(11,12)6-4-8;1-2-11-6(8)5-12(9,10)4-3-7/h2*2-6H,1,7-9H2,(H,14,15);2H,1,3-9H2;2-6H,1,7-9H2;2H,1,3-7H2,(H,11,13)(H,12,14);9,11H,2-8H2,1H3;2*2-7H,1H2;2-6H2,1H3,(H,9,10);2H,1,3-5H2. The number of hydrogen-bond donors (Lipinski definition) is 6. The number of carbonyl (C=O) groups excluding carboxylic acids is 8. The number of sulfone groups is 10. The average Bonchev–Trinajstić information content (AvgIpc) is 0.873. The maximum absolute atomic E-state index is 11.6. The highest BCUT2D eigenvalue weighted by atomic mass is 35.5. The first kappa shape index (κ1) is 147. The summed E-state index contributed by atoms with van der Waals surface area (Å²) in [6.45, 7) is 31.2. The molecule has 0 saturated carbocycles. The van der Waals surface area contributed by atoms with E-state index in [2.05, 4.69) is 88.7 Å². The van der Waals surface area contributed by atoms with E-state index in [1.165, 1.54) is 24.1 Å². The fourth-order valence-corrected chi connectivity index (χ4v) is 26.3. The summed E-state index contributed by atoms with van der Waals surface area (Å²) in [5, 5.41) is 21.8. The molecule has 0 radical (unpaired) electrons. The number of rotatable bonds is 58. The molecule has 0 aliphatic heterocycles. The summed E-state index contributed by atoms with van der Waals surface area (Å²) in [5.74, 6) is -8.99. The third kappa shape index (κ3) is 89.2. The van der Waals surface area contributed by atoms with E-state index in [9.17, 15) is 128 Å². The number of hydrogen-bond acceptors (Lipinski definition) is 31. The summed E-state index contributed by atoms with van der Waals surface area (Å²) in [6.07, 6.45) is 10.1. The van der Waals surface area contributed by atoms with Gasteiger partial charge in [0.2, 0.25) is 29.5 Å². The molecule has 0 saturated heterocycles. The number of nitrogens with one attached hydrogen (secondary N) is 5. The first-order chi connectivity index (χ1) is 68.6. The molecular weight excluding hydrogens is 2290 g/mol. The topological polar surface area (TPSA) is 577 Å². The van der Waals surface area contributed by atoms with E-state index in [1.54, 1.807) is 79.7 Å². The summed E-state index contributed by atoms with van der Waals surface area (Å²) >= 11 is 42.5. The Kier molecular flexibility index (Phi) is 83.5. The average molecular weight is 2420 g/mol. The van der Waals surface area contributed by atoms with Crippen LogP contribution in [-0.2, 0) is 158 Å². The van der Waals surface area contributed by atoms with Crippen LogP contribution in [0.3, 0.4) is 0 Å². The molecule has 0 aromatic heterocycles. The van der Waals surface area contributed by atoms with Crippen LogP contribution >= 0.6 is 92.8 Å². The fourth-order valence-electron chi connectivity index (χ4n) is 9.52. The van der Waals surface area contributed by atoms with Gasteiger partial charge in [-0.3, -0.25) is 33.6 Å². The van der Waals surface area contributed by atoms with Crippen molar-refractivity contribution in [2.75, 3.05) is 181 Å². The highest BCUT2D eigenvalue weighted by Crippen LogP contribution is 2.16. The second-order valence-corrected chi connectivity index (χ2v) is 54.9. The van der Waals surface area contributed by atoms with Crippen molar-refractivity contribution in [3.63, 3.8) is 0 Å². The van der Waals surface area contributed by atoms with Crippen molar-refractivity contribution < 1.29 is 137 Å². The van der Waals surface area contributed by atoms with E-state index < -0.39 is 169 Å². The van der Waals surface area contributed by atoms with E-state index in [1.807, 2.05) is 84.9 Å². The Bertz CT molecular complexity index is 6050. The lowest BCUT2D eigenvalue weighted by Gasteiger charge is -2.11. The number of anilines is 2. The van der Waals surface area contributed by atoms with Gasteiger partial charge in [-0.1, -0.05) is 193 Å². The Morgan fingerprint density at radius 3 is 1.04 bits per heavy atom. The van der Waals surface area contributed by atoms with Gasteiger partial charge in [-0.15, -0.1) is 92.8 Å². The lowest BCUT2D eigenvalue weighted by molar-refractivity contribution is -0.138. The molecule has 54 heteroatoms. The van der Waals surface area contributed by atoms with Gasteiger partial charge in [0.1, 0.15) is 17.3 Å². The SMILES string of the molecule is C=CC(=O)NCNC(=O)CCS(=O)(=O)CCCl.C=CC(=O)Nc1ccc(CS(=O)(=O)CCCl)cc1.C=CC(=O)OCCCC(=O)CCS(=O)(=O)CCCl.C=COC(=O)CS(=O)(=O)CCCl.C=Cc1ccc(CS(=O)(=O)CCCl)cc1.C=Cc1ccc(NC(=O)CS(=O)(=O)CCCl)cc1.C=Cc1ccccc1.C=Cc1ccccc1.CCNC(=O)CCS(=O)(=O)CCCl.CCS(=O)(=O)CCS(=O)(=O)CC(O)CS(=O)(=O)CCCl. The van der Waals surface area contributed by atoms with Crippen LogP contribution in [-0.4, -0.2) is 313 Å². The van der Waals surface area contributed by atoms with E-state index in [0.717, 1.165) is 35.1 Å². The van der Waals surface area contributed by atoms with Crippen LogP contribution in [0.1, 0.15) is 79.3 Å². The number of esters is 2. The first-order valence-electron chi connectivity index (χ1n) is 43.5. The van der Waals surface area contributed by atoms with E-state index in [-0.39, 0.29) is 184 Å². The number of alkyl halides is 8. The van der Waals surface area contributed by atoms with Crippen LogP contribution in [0.5, 0.6) is 0 Å². The number of ether oxygens (including phenoxy) is 2. The minimum Gasteiger partial charge on any atom is -0.463 e. The van der Waals surface area contributed by atoms with Gasteiger partial charge < -0.3 is 41.2 Å². The monoisotopic (exact) mass is 2410 g/mol. The molecule has 0 heterocycles. The van der Waals surface area contributed by atoms with Crippen molar-refractivity contribution in [1.82, 2.24) is 16.0 Å². The largest absolute Gasteiger partial charge is 0.463 e. The van der Waals surface area contributed by atoms with Crippen LogP contribution in [0.2, 0.25) is 0 Å². The van der Waals surface area contributed by atoms with E-state index in [4.69, 9.17) is 92.8 Å². The van der Waals surface area contributed by atoms with Crippen LogP contribution in [0.4, 0.5) is 11.4 Å². The molecule has 36 nitrogen and oxygen atoms in total. The summed E-state index contributed by atoms with van der Waals surface area (Å²) in [4.78, 5) is 87.9. The Morgan fingerprint density at radius 1 is 0.340 bits per heavy atom. The lowest BCUT2D eigenvalue weighted by atomic mass is 10.1. The highest BCUT2D eigenvalue weighted by Gasteiger charge is 2.26. The Labute approximate surface area is 907 Å². The van der Waals surface area contributed by atoms with Gasteiger partial charge in [0.15, 0.2) is 98.4 Å². The van der Waals surface area contributed by atoms with Gasteiger partial charge in [0.25, 0.3) is 0 Å². The number of Topliss-reactive ketones (excluding diaryl/α,β-unsaturated/α-hetero) is 1. The van der Waals surface area contributed by atoms with Crippen molar-refractivity contribution in [2.24, 2.45) is 0 Å². The third-order valence-corrected chi connectivity index (χ3v) is 36.9. The number of benzene rings is 5.